The van der Waals surface area contributed by atoms with Crippen molar-refractivity contribution in [1.82, 2.24) is 0 Å². The first-order valence-corrected chi connectivity index (χ1v) is 3.27. The average molecular weight is 174 g/mol. The van der Waals surface area contributed by atoms with E-state index < -0.39 is 31.5 Å². The first-order valence-electron chi connectivity index (χ1n) is 6.27. The Morgan fingerprint density at radius 1 is 2.08 bits per heavy atom. The molecule has 3 heteroatoms. The number of hydrogen-bond acceptors (Lipinski definition) is 3. The molecule has 12 heavy (non-hydrogen) atoms. The molecule has 1 unspecified atom stereocenters. The van der Waals surface area contributed by atoms with E-state index in [0.717, 1.165) is 6.26 Å². The zero-order chi connectivity index (χ0) is 14.2. The van der Waals surface area contributed by atoms with Crippen molar-refractivity contribution in [2.45, 2.75) is 25.7 Å². The van der Waals surface area contributed by atoms with Crippen LogP contribution < -0.4 is 0 Å². The molecule has 0 radical (unpaired) electrons. The topological polar surface area (TPSA) is 50.4 Å². The van der Waals surface area contributed by atoms with Crippen molar-refractivity contribution in [2.75, 3.05) is 0 Å². The van der Waals surface area contributed by atoms with E-state index in [-0.39, 0.29) is 5.56 Å². The molecular formula is C9H12O3. The molecular weight excluding hydrogens is 156 g/mol. The van der Waals surface area contributed by atoms with Crippen LogP contribution in [-0.4, -0.2) is 17.0 Å². The molecule has 3 nitrogen and oxygen atoms in total. The van der Waals surface area contributed by atoms with E-state index in [4.69, 9.17) is 8.22 Å². The van der Waals surface area contributed by atoms with E-state index in [1.807, 2.05) is 0 Å². The summed E-state index contributed by atoms with van der Waals surface area (Å²) in [6, 6.07) is 1.29. The van der Waals surface area contributed by atoms with Crippen molar-refractivity contribution in [3.05, 3.63) is 24.2 Å². The lowest BCUT2D eigenvalue weighted by Gasteiger charge is -2.00. The van der Waals surface area contributed by atoms with Gasteiger partial charge >= 0.3 is 0 Å². The maximum Gasteiger partial charge on any atom is 0.166 e. The van der Waals surface area contributed by atoms with E-state index in [9.17, 15) is 9.90 Å². The predicted molar refractivity (Wildman–Crippen MR) is 44.0 cm³/mol. The molecule has 0 fully saturated rings. The third-order valence-electron chi connectivity index (χ3n) is 1.26. The Morgan fingerprint density at radius 2 is 2.92 bits per heavy atom. The van der Waals surface area contributed by atoms with E-state index >= 15 is 0 Å². The van der Waals surface area contributed by atoms with Gasteiger partial charge in [-0.1, -0.05) is 0 Å². The fourth-order valence-electron chi connectivity index (χ4n) is 0.689. The first-order chi connectivity index (χ1) is 7.99. The Kier molecular flexibility index (Phi) is 1.27. The minimum absolute atomic E-state index is 0.0558. The fraction of sp³-hybridized carbons (Fsp3) is 0.444. The summed E-state index contributed by atoms with van der Waals surface area (Å²) in [5, 5.41) is 9.48. The van der Waals surface area contributed by atoms with Crippen LogP contribution in [0.25, 0.3) is 0 Å². The largest absolute Gasteiger partial charge is 0.472 e. The summed E-state index contributed by atoms with van der Waals surface area (Å²) in [6.45, 7) is -3.26. The third kappa shape index (κ3) is 2.51. The molecule has 1 aromatic heterocycles. The Balaban J connectivity index is 2.92. The van der Waals surface area contributed by atoms with Crippen LogP contribution in [0.15, 0.2) is 23.0 Å². The molecule has 1 aromatic rings. The standard InChI is InChI=1S/C9H12O3/c1-7(10)2-3-9(11)8-4-5-12-6-8/h4-7,10H,2-3H2,1H3/i1D3,2D2,7D. The lowest BCUT2D eigenvalue weighted by Crippen LogP contribution is -2.04. The minimum atomic E-state index is -3.36. The molecule has 0 saturated heterocycles. The number of hydrogen-bond donors (Lipinski definition) is 1. The lowest BCUT2D eigenvalue weighted by molar-refractivity contribution is 0.0949. The Labute approximate surface area is 79.4 Å². The average Bonchev–Trinajstić information content (AvgIpc) is 2.67. The van der Waals surface area contributed by atoms with Crippen LogP contribution in [0.4, 0.5) is 0 Å². The summed E-state index contributed by atoms with van der Waals surface area (Å²) in [6.07, 6.45) is -4.91. The van der Waals surface area contributed by atoms with Crippen LogP contribution in [0.5, 0.6) is 0 Å². The summed E-state index contributed by atoms with van der Waals surface area (Å²) >= 11 is 0. The van der Waals surface area contributed by atoms with E-state index in [2.05, 4.69) is 4.42 Å². The molecule has 1 N–H and O–H groups in total. The lowest BCUT2D eigenvalue weighted by atomic mass is 10.1. The Hall–Kier alpha value is -1.09. The van der Waals surface area contributed by atoms with Crippen LogP contribution in [0.2, 0.25) is 0 Å². The molecule has 0 aliphatic carbocycles. The van der Waals surface area contributed by atoms with Crippen molar-refractivity contribution in [3.8, 4) is 0 Å². The number of aliphatic hydroxyl groups is 1. The molecule has 1 atom stereocenters. The second-order valence-electron chi connectivity index (χ2n) is 2.14. The summed E-state index contributed by atoms with van der Waals surface area (Å²) < 4.78 is 47.6. The van der Waals surface area contributed by atoms with E-state index in [1.54, 1.807) is 0 Å². The smallest absolute Gasteiger partial charge is 0.166 e. The van der Waals surface area contributed by atoms with Gasteiger partial charge in [-0.3, -0.25) is 4.79 Å². The summed E-state index contributed by atoms with van der Waals surface area (Å²) in [5.74, 6) is -0.747. The predicted octanol–water partition coefficient (Wildman–Crippen LogP) is 1.62. The van der Waals surface area contributed by atoms with Gasteiger partial charge in [0.1, 0.15) is 6.26 Å². The highest BCUT2D eigenvalue weighted by Crippen LogP contribution is 2.07. The Bertz CT molecular complexity index is 420. The van der Waals surface area contributed by atoms with Gasteiger partial charge in [0.2, 0.25) is 0 Å². The van der Waals surface area contributed by atoms with Gasteiger partial charge < -0.3 is 9.52 Å². The molecule has 1 rings (SSSR count). The van der Waals surface area contributed by atoms with Crippen LogP contribution in [0.1, 0.15) is 38.2 Å². The molecule has 0 bridgehead atoms. The first kappa shape index (κ1) is 3.75. The minimum Gasteiger partial charge on any atom is -0.472 e. The van der Waals surface area contributed by atoms with Crippen LogP contribution >= 0.6 is 0 Å². The van der Waals surface area contributed by atoms with Gasteiger partial charge in [-0.15, -0.1) is 0 Å². The number of carbonyl (C=O) groups is 1. The van der Waals surface area contributed by atoms with Gasteiger partial charge in [0, 0.05) is 13.3 Å². The summed E-state index contributed by atoms with van der Waals surface area (Å²) in [7, 11) is 0. The highest BCUT2D eigenvalue weighted by molar-refractivity contribution is 5.95. The maximum absolute atomic E-state index is 11.6. The molecule has 1 heterocycles. The molecule has 0 aliphatic heterocycles. The molecule has 0 amide bonds. The maximum atomic E-state index is 11.6. The number of ketones is 1. The van der Waals surface area contributed by atoms with Crippen molar-refractivity contribution >= 4 is 5.78 Å². The van der Waals surface area contributed by atoms with Gasteiger partial charge in [-0.25, -0.2) is 0 Å². The molecule has 0 spiro atoms. The quantitative estimate of drug-likeness (QED) is 0.706. The molecule has 66 valence electrons. The van der Waals surface area contributed by atoms with Gasteiger partial charge in [0.15, 0.2) is 5.78 Å². The summed E-state index contributed by atoms with van der Waals surface area (Å²) in [5.41, 5.74) is 0.0558. The number of carbonyl (C=O) groups excluding carboxylic acids is 1. The SMILES string of the molecule is [2H]C([2H])([2H])C([2H])(O)C([2H])([2H])CC(=O)c1ccoc1. The monoisotopic (exact) mass is 174 g/mol. The number of Topliss-reactive ketones (excluding diaryl/α,β-unsaturated/α-hetero) is 1. The van der Waals surface area contributed by atoms with Gasteiger partial charge in [-0.2, -0.15) is 0 Å². The number of furan rings is 1. The van der Waals surface area contributed by atoms with Crippen molar-refractivity contribution in [2.24, 2.45) is 0 Å². The van der Waals surface area contributed by atoms with Gasteiger partial charge in [-0.05, 0) is 19.3 Å². The molecule has 0 aromatic carbocycles. The van der Waals surface area contributed by atoms with Crippen LogP contribution in [0.3, 0.4) is 0 Å². The third-order valence-corrected chi connectivity index (χ3v) is 1.26. The molecule has 0 saturated carbocycles. The van der Waals surface area contributed by atoms with Gasteiger partial charge in [0.25, 0.3) is 0 Å². The molecule has 0 aliphatic rings. The van der Waals surface area contributed by atoms with Crippen LogP contribution in [-0.2, 0) is 0 Å². The summed E-state index contributed by atoms with van der Waals surface area (Å²) in [4.78, 5) is 11.6. The van der Waals surface area contributed by atoms with Crippen molar-refractivity contribution < 1.29 is 22.5 Å². The Morgan fingerprint density at radius 3 is 3.50 bits per heavy atom. The van der Waals surface area contributed by atoms with E-state index in [1.165, 1.54) is 12.3 Å². The van der Waals surface area contributed by atoms with Crippen molar-refractivity contribution in [1.29, 1.82) is 0 Å². The highest BCUT2D eigenvalue weighted by Gasteiger charge is 2.07. The van der Waals surface area contributed by atoms with Crippen molar-refractivity contribution in [3.63, 3.8) is 0 Å². The second kappa shape index (κ2) is 4.07. The fourth-order valence-corrected chi connectivity index (χ4v) is 0.689. The van der Waals surface area contributed by atoms with Crippen LogP contribution in [0, 0.1) is 0 Å². The normalized spacial score (nSPS) is 25.1. The number of rotatable bonds is 4. The zero-order valence-electron chi connectivity index (χ0n) is 12.2. The van der Waals surface area contributed by atoms with E-state index in [0.29, 0.717) is 0 Å². The van der Waals surface area contributed by atoms with Gasteiger partial charge in [0.05, 0.1) is 19.3 Å². The second-order valence-corrected chi connectivity index (χ2v) is 2.14. The zero-order valence-corrected chi connectivity index (χ0v) is 6.20. The highest BCUT2D eigenvalue weighted by atomic mass is 16.3.